The van der Waals surface area contributed by atoms with Gasteiger partial charge < -0.3 is 5.32 Å². The van der Waals surface area contributed by atoms with E-state index in [0.29, 0.717) is 5.69 Å². The van der Waals surface area contributed by atoms with Crippen LogP contribution in [0.5, 0.6) is 0 Å². The standard InChI is InChI=1S/C11H6ClIN2O3S/c12-10-8(15(17)18)5-9(19-10)11(16)14-7-3-1-6(13)2-4-7/h1-5H,(H,14,16). The van der Waals surface area contributed by atoms with Crippen LogP contribution in [0.2, 0.25) is 4.34 Å². The number of hydrogen-bond donors (Lipinski definition) is 1. The van der Waals surface area contributed by atoms with Crippen molar-refractivity contribution in [1.82, 2.24) is 0 Å². The highest BCUT2D eigenvalue weighted by Gasteiger charge is 2.21. The maximum atomic E-state index is 11.9. The van der Waals surface area contributed by atoms with Gasteiger partial charge in [0.05, 0.1) is 4.92 Å². The molecule has 0 fully saturated rings. The van der Waals surface area contributed by atoms with Crippen LogP contribution >= 0.6 is 45.5 Å². The van der Waals surface area contributed by atoms with E-state index in [1.807, 2.05) is 12.1 Å². The van der Waals surface area contributed by atoms with Gasteiger partial charge in [-0.3, -0.25) is 14.9 Å². The zero-order valence-corrected chi connectivity index (χ0v) is 13.0. The van der Waals surface area contributed by atoms with Crippen molar-refractivity contribution in [2.75, 3.05) is 5.32 Å². The van der Waals surface area contributed by atoms with Crippen molar-refractivity contribution in [2.45, 2.75) is 0 Å². The fraction of sp³-hybridized carbons (Fsp3) is 0. The molecule has 0 aliphatic carbocycles. The number of anilines is 1. The molecule has 0 radical (unpaired) electrons. The fourth-order valence-electron chi connectivity index (χ4n) is 1.32. The minimum Gasteiger partial charge on any atom is -0.321 e. The van der Waals surface area contributed by atoms with Gasteiger partial charge in [0.1, 0.15) is 4.88 Å². The molecule has 2 rings (SSSR count). The summed E-state index contributed by atoms with van der Waals surface area (Å²) in [6.45, 7) is 0. The Balaban J connectivity index is 2.18. The molecule has 5 nitrogen and oxygen atoms in total. The molecule has 0 unspecified atom stereocenters. The molecule has 0 bridgehead atoms. The first-order valence-corrected chi connectivity index (χ1v) is 7.25. The van der Waals surface area contributed by atoms with Crippen molar-refractivity contribution in [3.63, 3.8) is 0 Å². The van der Waals surface area contributed by atoms with E-state index in [4.69, 9.17) is 11.6 Å². The molecule has 8 heteroatoms. The van der Waals surface area contributed by atoms with Crippen molar-refractivity contribution in [3.8, 4) is 0 Å². The second-order valence-corrected chi connectivity index (χ2v) is 6.39. The Morgan fingerprint density at radius 2 is 2.00 bits per heavy atom. The highest BCUT2D eigenvalue weighted by molar-refractivity contribution is 14.1. The Labute approximate surface area is 130 Å². The number of rotatable bonds is 3. The van der Waals surface area contributed by atoms with E-state index < -0.39 is 10.8 Å². The van der Waals surface area contributed by atoms with Crippen molar-refractivity contribution < 1.29 is 9.72 Å². The van der Waals surface area contributed by atoms with Crippen LogP contribution in [0.1, 0.15) is 9.67 Å². The molecule has 1 aromatic carbocycles. The minimum absolute atomic E-state index is 0.00207. The first-order chi connectivity index (χ1) is 8.97. The van der Waals surface area contributed by atoms with Gasteiger partial charge in [0, 0.05) is 15.3 Å². The van der Waals surface area contributed by atoms with Crippen LogP contribution in [0.25, 0.3) is 0 Å². The zero-order chi connectivity index (χ0) is 14.0. The Morgan fingerprint density at radius 1 is 1.37 bits per heavy atom. The van der Waals surface area contributed by atoms with Gasteiger partial charge >= 0.3 is 0 Å². The normalized spacial score (nSPS) is 10.2. The molecule has 2 aromatic rings. The van der Waals surface area contributed by atoms with Crippen LogP contribution in [-0.4, -0.2) is 10.8 Å². The summed E-state index contributed by atoms with van der Waals surface area (Å²) in [4.78, 5) is 22.1. The summed E-state index contributed by atoms with van der Waals surface area (Å²) in [5.41, 5.74) is 0.372. The largest absolute Gasteiger partial charge is 0.321 e. The smallest absolute Gasteiger partial charge is 0.299 e. The molecule has 0 atom stereocenters. The van der Waals surface area contributed by atoms with E-state index in [9.17, 15) is 14.9 Å². The summed E-state index contributed by atoms with van der Waals surface area (Å²) in [5, 5.41) is 13.3. The number of hydrogen-bond acceptors (Lipinski definition) is 4. The molecule has 1 aromatic heterocycles. The Bertz CT molecular complexity index is 642. The molecule has 0 aliphatic heterocycles. The summed E-state index contributed by atoms with van der Waals surface area (Å²) in [6, 6.07) is 8.38. The molecule has 1 heterocycles. The summed E-state index contributed by atoms with van der Waals surface area (Å²) in [5.74, 6) is -0.416. The monoisotopic (exact) mass is 408 g/mol. The van der Waals surface area contributed by atoms with E-state index in [0.717, 1.165) is 14.9 Å². The average Bonchev–Trinajstić information content (AvgIpc) is 2.74. The van der Waals surface area contributed by atoms with Gasteiger partial charge in [0.25, 0.3) is 11.6 Å². The quantitative estimate of drug-likeness (QED) is 0.471. The van der Waals surface area contributed by atoms with Crippen LogP contribution in [0.4, 0.5) is 11.4 Å². The second-order valence-electron chi connectivity index (χ2n) is 3.49. The Kier molecular flexibility index (Phi) is 4.38. The Hall–Kier alpha value is -1.19. The topological polar surface area (TPSA) is 72.2 Å². The maximum Gasteiger partial charge on any atom is 0.299 e. The van der Waals surface area contributed by atoms with Crippen LogP contribution in [-0.2, 0) is 0 Å². The van der Waals surface area contributed by atoms with Gasteiger partial charge in [0.2, 0.25) is 0 Å². The lowest BCUT2D eigenvalue weighted by Gasteiger charge is -2.02. The predicted octanol–water partition coefficient (Wildman–Crippen LogP) is 4.17. The number of nitro groups is 1. The predicted molar refractivity (Wildman–Crippen MR) is 83.1 cm³/mol. The van der Waals surface area contributed by atoms with Crippen molar-refractivity contribution >= 4 is 62.8 Å². The lowest BCUT2D eigenvalue weighted by Crippen LogP contribution is -2.09. The third-order valence-electron chi connectivity index (χ3n) is 2.19. The third-order valence-corrected chi connectivity index (χ3v) is 4.25. The van der Waals surface area contributed by atoms with Crippen LogP contribution in [0.15, 0.2) is 30.3 Å². The van der Waals surface area contributed by atoms with E-state index >= 15 is 0 Å². The second kappa shape index (κ2) is 5.85. The molecular formula is C11H6ClIN2O3S. The highest BCUT2D eigenvalue weighted by Crippen LogP contribution is 2.34. The van der Waals surface area contributed by atoms with Crippen LogP contribution in [0.3, 0.4) is 0 Å². The molecular weight excluding hydrogens is 403 g/mol. The number of halogens is 2. The van der Waals surface area contributed by atoms with E-state index in [1.54, 1.807) is 12.1 Å². The van der Waals surface area contributed by atoms with Gasteiger partial charge in [-0.2, -0.15) is 0 Å². The maximum absolute atomic E-state index is 11.9. The van der Waals surface area contributed by atoms with Gasteiger partial charge in [-0.15, -0.1) is 11.3 Å². The SMILES string of the molecule is O=C(Nc1ccc(I)cc1)c1cc([N+](=O)[O-])c(Cl)s1. The first-order valence-electron chi connectivity index (χ1n) is 4.98. The molecule has 1 amide bonds. The van der Waals surface area contributed by atoms with E-state index in [2.05, 4.69) is 27.9 Å². The number of benzene rings is 1. The van der Waals surface area contributed by atoms with Crippen molar-refractivity contribution in [1.29, 1.82) is 0 Å². The molecule has 19 heavy (non-hydrogen) atoms. The Morgan fingerprint density at radius 3 is 2.53 bits per heavy atom. The van der Waals surface area contributed by atoms with Gasteiger partial charge in [0.15, 0.2) is 4.34 Å². The number of thiophene rings is 1. The molecule has 1 N–H and O–H groups in total. The van der Waals surface area contributed by atoms with Crippen molar-refractivity contribution in [3.05, 3.63) is 53.2 Å². The lowest BCUT2D eigenvalue weighted by atomic mass is 10.3. The van der Waals surface area contributed by atoms with Gasteiger partial charge in [-0.25, -0.2) is 0 Å². The highest BCUT2D eigenvalue weighted by atomic mass is 127. The lowest BCUT2D eigenvalue weighted by molar-refractivity contribution is -0.384. The van der Waals surface area contributed by atoms with Crippen molar-refractivity contribution in [2.24, 2.45) is 0 Å². The summed E-state index contributed by atoms with van der Waals surface area (Å²) >= 11 is 8.74. The van der Waals surface area contributed by atoms with E-state index in [1.165, 1.54) is 6.07 Å². The molecule has 0 spiro atoms. The zero-order valence-electron chi connectivity index (χ0n) is 9.22. The number of carbonyl (C=O) groups excluding carboxylic acids is 1. The average molecular weight is 409 g/mol. The number of nitrogens with one attached hydrogen (secondary N) is 1. The molecule has 0 aliphatic rings. The molecule has 98 valence electrons. The van der Waals surface area contributed by atoms with Crippen LogP contribution < -0.4 is 5.32 Å². The number of carbonyl (C=O) groups is 1. The number of amides is 1. The van der Waals surface area contributed by atoms with Crippen LogP contribution in [0, 0.1) is 13.7 Å². The minimum atomic E-state index is -0.611. The molecule has 0 saturated carbocycles. The third kappa shape index (κ3) is 3.43. The molecule has 0 saturated heterocycles. The number of nitrogens with zero attached hydrogens (tertiary/aromatic N) is 1. The van der Waals surface area contributed by atoms with Gasteiger partial charge in [-0.05, 0) is 46.9 Å². The van der Waals surface area contributed by atoms with E-state index in [-0.39, 0.29) is 14.9 Å². The summed E-state index contributed by atoms with van der Waals surface area (Å²) in [7, 11) is 0. The van der Waals surface area contributed by atoms with Gasteiger partial charge in [-0.1, -0.05) is 11.6 Å². The summed E-state index contributed by atoms with van der Waals surface area (Å²) in [6.07, 6.45) is 0. The summed E-state index contributed by atoms with van der Waals surface area (Å²) < 4.78 is 1.04. The first kappa shape index (κ1) is 14.2. The fourth-order valence-corrected chi connectivity index (χ4v) is 2.80.